The van der Waals surface area contributed by atoms with Gasteiger partial charge in [0.05, 0.1) is 6.61 Å². The monoisotopic (exact) mass is 550 g/mol. The largest absolute Gasteiger partial charge is 0.490 e. The van der Waals surface area contributed by atoms with Crippen molar-refractivity contribution >= 4 is 33.6 Å². The average Bonchev–Trinajstić information content (AvgIpc) is 2.84. The van der Waals surface area contributed by atoms with Crippen molar-refractivity contribution in [1.82, 2.24) is 0 Å². The van der Waals surface area contributed by atoms with E-state index in [4.69, 9.17) is 9.47 Å². The predicted octanol–water partition coefficient (Wildman–Crippen LogP) is 7.41. The van der Waals surface area contributed by atoms with Crippen LogP contribution in [-0.4, -0.2) is 12.5 Å². The molecule has 0 spiro atoms. The highest BCUT2D eigenvalue weighted by Crippen LogP contribution is 2.35. The summed E-state index contributed by atoms with van der Waals surface area (Å²) < 4.78 is 25.4. The summed E-state index contributed by atoms with van der Waals surface area (Å²) in [5.41, 5.74) is 3.08. The van der Waals surface area contributed by atoms with E-state index in [1.54, 1.807) is 24.3 Å². The van der Waals surface area contributed by atoms with Gasteiger partial charge >= 0.3 is 0 Å². The van der Waals surface area contributed by atoms with E-state index in [1.165, 1.54) is 18.2 Å². The van der Waals surface area contributed by atoms with Gasteiger partial charge in [-0.1, -0.05) is 61.0 Å². The Hall–Kier alpha value is -3.63. The molecule has 3 aromatic carbocycles. The summed E-state index contributed by atoms with van der Waals surface area (Å²) in [4.78, 5) is 12.8. The molecule has 3 aromatic rings. The Morgan fingerprint density at radius 3 is 2.28 bits per heavy atom. The number of amides is 1. The number of carbonyl (C=O) groups excluding carboxylic acids is 1. The lowest BCUT2D eigenvalue weighted by Crippen LogP contribution is -2.14. The fraction of sp³-hybridized carbons (Fsp3) is 0.241. The molecule has 7 heteroatoms. The van der Waals surface area contributed by atoms with Crippen LogP contribution in [0, 0.1) is 17.1 Å². The molecule has 0 aliphatic carbocycles. The molecule has 0 heterocycles. The van der Waals surface area contributed by atoms with Crippen molar-refractivity contribution in [3.63, 3.8) is 0 Å². The first-order valence-corrected chi connectivity index (χ1v) is 12.3. The summed E-state index contributed by atoms with van der Waals surface area (Å²) in [6.07, 6.45) is 1.50. The van der Waals surface area contributed by atoms with Crippen LogP contribution in [0.1, 0.15) is 44.4 Å². The van der Waals surface area contributed by atoms with E-state index < -0.39 is 5.91 Å². The van der Waals surface area contributed by atoms with E-state index in [0.717, 1.165) is 11.1 Å². The van der Waals surface area contributed by atoms with Crippen molar-refractivity contribution in [3.05, 3.63) is 93.2 Å². The number of nitriles is 1. The van der Waals surface area contributed by atoms with Gasteiger partial charge in [-0.05, 0) is 71.5 Å². The Balaban J connectivity index is 1.81. The quantitative estimate of drug-likeness (QED) is 0.234. The number of nitrogens with zero attached hydrogens (tertiary/aromatic N) is 1. The van der Waals surface area contributed by atoms with Gasteiger partial charge in [0.2, 0.25) is 0 Å². The Bertz CT molecular complexity index is 1290. The summed E-state index contributed by atoms with van der Waals surface area (Å²) in [5, 5.41) is 12.4. The molecule has 3 rings (SSSR count). The number of benzene rings is 3. The number of anilines is 1. The molecule has 0 aliphatic heterocycles. The highest BCUT2D eigenvalue weighted by molar-refractivity contribution is 9.10. The highest BCUT2D eigenvalue weighted by Gasteiger charge is 2.16. The third kappa shape index (κ3) is 7.19. The van der Waals surface area contributed by atoms with Gasteiger partial charge in [-0.3, -0.25) is 4.79 Å². The summed E-state index contributed by atoms with van der Waals surface area (Å²) >= 11 is 3.50. The molecule has 0 atom stereocenters. The molecule has 0 fully saturated rings. The van der Waals surface area contributed by atoms with E-state index in [-0.39, 0.29) is 23.4 Å². The number of halogens is 2. The molecule has 0 aromatic heterocycles. The first-order chi connectivity index (χ1) is 17.1. The van der Waals surface area contributed by atoms with Gasteiger partial charge in [0.15, 0.2) is 11.5 Å². The zero-order valence-electron chi connectivity index (χ0n) is 20.7. The summed E-state index contributed by atoms with van der Waals surface area (Å²) in [6, 6.07) is 19.0. The molecule has 0 unspecified atom stereocenters. The van der Waals surface area contributed by atoms with E-state index >= 15 is 0 Å². The highest BCUT2D eigenvalue weighted by atomic mass is 79.9. The minimum atomic E-state index is -0.512. The maximum absolute atomic E-state index is 13.2. The normalized spacial score (nSPS) is 11.5. The zero-order chi connectivity index (χ0) is 26.3. The van der Waals surface area contributed by atoms with Gasteiger partial charge in [-0.25, -0.2) is 4.39 Å². The van der Waals surface area contributed by atoms with Crippen LogP contribution in [-0.2, 0) is 16.8 Å². The van der Waals surface area contributed by atoms with Gasteiger partial charge in [-0.15, -0.1) is 0 Å². The van der Waals surface area contributed by atoms with Crippen molar-refractivity contribution in [1.29, 1.82) is 5.26 Å². The lowest BCUT2D eigenvalue weighted by Gasteiger charge is -2.19. The first kappa shape index (κ1) is 27.0. The minimum Gasteiger partial charge on any atom is -0.490 e. The van der Waals surface area contributed by atoms with E-state index in [0.29, 0.717) is 33.8 Å². The Labute approximate surface area is 219 Å². The van der Waals surface area contributed by atoms with E-state index in [9.17, 15) is 14.4 Å². The molecule has 1 amide bonds. The number of carbonyl (C=O) groups is 1. The number of hydrogen-bond acceptors (Lipinski definition) is 4. The standard InChI is InChI=1S/C29H28BrFN2O3/c1-5-35-26-15-20(25(30)16-27(26)36-18-19-6-10-23(31)11-7-19)14-21(17-32)28(34)33-24-12-8-22(9-13-24)29(2,3)4/h6-16H,5,18H2,1-4H3,(H,33,34)/b21-14+. The van der Waals surface area contributed by atoms with Crippen LogP contribution >= 0.6 is 15.9 Å². The van der Waals surface area contributed by atoms with E-state index in [1.807, 2.05) is 37.3 Å². The number of ether oxygens (including phenoxy) is 2. The van der Waals surface area contributed by atoms with Crippen molar-refractivity contribution < 1.29 is 18.7 Å². The van der Waals surface area contributed by atoms with Crippen molar-refractivity contribution in [2.24, 2.45) is 0 Å². The van der Waals surface area contributed by atoms with Crippen molar-refractivity contribution in [2.75, 3.05) is 11.9 Å². The van der Waals surface area contributed by atoms with Crippen LogP contribution < -0.4 is 14.8 Å². The molecule has 36 heavy (non-hydrogen) atoms. The second-order valence-electron chi connectivity index (χ2n) is 9.12. The smallest absolute Gasteiger partial charge is 0.266 e. The van der Waals surface area contributed by atoms with Gasteiger partial charge in [0.25, 0.3) is 5.91 Å². The van der Waals surface area contributed by atoms with E-state index in [2.05, 4.69) is 42.0 Å². The molecule has 0 bridgehead atoms. The van der Waals surface area contributed by atoms with Gasteiger partial charge in [-0.2, -0.15) is 5.26 Å². The molecule has 0 radical (unpaired) electrons. The first-order valence-electron chi connectivity index (χ1n) is 11.5. The molecule has 0 saturated carbocycles. The molecule has 5 nitrogen and oxygen atoms in total. The van der Waals surface area contributed by atoms with Crippen LogP contribution in [0.3, 0.4) is 0 Å². The maximum atomic E-state index is 13.2. The molecule has 186 valence electrons. The Morgan fingerprint density at radius 1 is 1.06 bits per heavy atom. The van der Waals surface area contributed by atoms with Crippen LogP contribution in [0.5, 0.6) is 11.5 Å². The third-order valence-electron chi connectivity index (χ3n) is 5.34. The van der Waals surface area contributed by atoms with Crippen LogP contribution in [0.25, 0.3) is 6.08 Å². The summed E-state index contributed by atoms with van der Waals surface area (Å²) in [7, 11) is 0. The van der Waals surface area contributed by atoms with Crippen molar-refractivity contribution in [2.45, 2.75) is 39.7 Å². The molecular formula is C29H28BrFN2O3. The molecule has 1 N–H and O–H groups in total. The Morgan fingerprint density at radius 2 is 1.69 bits per heavy atom. The maximum Gasteiger partial charge on any atom is 0.266 e. The van der Waals surface area contributed by atoms with Crippen LogP contribution in [0.2, 0.25) is 0 Å². The second kappa shape index (κ2) is 11.9. The fourth-order valence-electron chi connectivity index (χ4n) is 3.34. The second-order valence-corrected chi connectivity index (χ2v) is 9.97. The molecule has 0 aliphatic rings. The summed E-state index contributed by atoms with van der Waals surface area (Å²) in [6.45, 7) is 8.82. The lowest BCUT2D eigenvalue weighted by atomic mass is 9.87. The predicted molar refractivity (Wildman–Crippen MR) is 143 cm³/mol. The zero-order valence-corrected chi connectivity index (χ0v) is 22.3. The lowest BCUT2D eigenvalue weighted by molar-refractivity contribution is -0.112. The topological polar surface area (TPSA) is 71.3 Å². The Kier molecular flexibility index (Phi) is 8.89. The van der Waals surface area contributed by atoms with Gasteiger partial charge in [0, 0.05) is 10.2 Å². The van der Waals surface area contributed by atoms with Gasteiger partial charge in [0.1, 0.15) is 24.1 Å². The summed E-state index contributed by atoms with van der Waals surface area (Å²) in [5.74, 6) is 0.117. The fourth-order valence-corrected chi connectivity index (χ4v) is 3.78. The van der Waals surface area contributed by atoms with Crippen LogP contribution in [0.15, 0.2) is 70.7 Å². The van der Waals surface area contributed by atoms with Gasteiger partial charge < -0.3 is 14.8 Å². The average molecular weight is 551 g/mol. The SMILES string of the molecule is CCOc1cc(/C=C(\C#N)C(=O)Nc2ccc(C(C)(C)C)cc2)c(Br)cc1OCc1ccc(F)cc1. The number of hydrogen-bond donors (Lipinski definition) is 1. The molecule has 0 saturated heterocycles. The minimum absolute atomic E-state index is 0.000304. The van der Waals surface area contributed by atoms with Crippen LogP contribution in [0.4, 0.5) is 10.1 Å². The number of nitrogens with one attached hydrogen (secondary N) is 1. The number of rotatable bonds is 8. The molecular weight excluding hydrogens is 523 g/mol. The van der Waals surface area contributed by atoms with Crippen molar-refractivity contribution in [3.8, 4) is 17.6 Å². The third-order valence-corrected chi connectivity index (χ3v) is 6.03.